The maximum absolute atomic E-state index is 12.5. The van der Waals surface area contributed by atoms with Crippen molar-refractivity contribution in [3.05, 3.63) is 126 Å². The van der Waals surface area contributed by atoms with E-state index in [-0.39, 0.29) is 36.2 Å². The van der Waals surface area contributed by atoms with E-state index < -0.39 is 12.9 Å². The molecule has 6 unspecified atom stereocenters. The van der Waals surface area contributed by atoms with E-state index in [1.165, 1.54) is 43.3 Å². The average molecular weight is 1160 g/mol. The second-order valence-electron chi connectivity index (χ2n) is 25.5. The summed E-state index contributed by atoms with van der Waals surface area (Å²) in [4.78, 5) is 55.6. The topological polar surface area (TPSA) is 133 Å². The summed E-state index contributed by atoms with van der Waals surface area (Å²) in [5.41, 5.74) is 4.28. The van der Waals surface area contributed by atoms with E-state index in [1.807, 2.05) is 81.4 Å². The molecule has 4 aliphatic rings. The maximum Gasteiger partial charge on any atom is 0.331 e. The Labute approximate surface area is 504 Å². The molecule has 0 amide bonds. The van der Waals surface area contributed by atoms with Gasteiger partial charge in [0, 0.05) is 31.1 Å². The van der Waals surface area contributed by atoms with E-state index in [2.05, 4.69) is 132 Å². The lowest BCUT2D eigenvalue weighted by Crippen LogP contribution is -2.29. The SMILES string of the molecule is C.CC1=CCC(CC=O)C1(C)C.CC1CCC(CCCC(=O)O)C1(C)C.CCOC(=O)/C=C/CC1CC=C(C)C1(C)C.CCOC(=O)C=P(c1ccccc1)(c1ccccc1)c1ccccc1.CCOC(=O)CCCC1CCC(C)C1(C)C. The third-order valence-electron chi connectivity index (χ3n) is 19.6. The molecule has 2 fully saturated rings. The van der Waals surface area contributed by atoms with Crippen molar-refractivity contribution in [2.75, 3.05) is 19.8 Å². The minimum atomic E-state index is -2.24. The Balaban J connectivity index is 0.000000364. The van der Waals surface area contributed by atoms with Gasteiger partial charge in [0.15, 0.2) is 0 Å². The molecular formula is C73H111O9P. The first kappa shape index (κ1) is 73.8. The predicted octanol–water partition coefficient (Wildman–Crippen LogP) is 17.1. The molecule has 0 spiro atoms. The summed E-state index contributed by atoms with van der Waals surface area (Å²) in [5, 5.41) is 12.0. The second kappa shape index (κ2) is 35.9. The van der Waals surface area contributed by atoms with Crippen molar-refractivity contribution in [3.8, 4) is 0 Å². The molecule has 3 aromatic rings. The number of carboxylic acid groups (broad SMARTS) is 1. The summed E-state index contributed by atoms with van der Waals surface area (Å²) in [6.45, 7) is 32.0. The lowest BCUT2D eigenvalue weighted by molar-refractivity contribution is -0.143. The minimum absolute atomic E-state index is 0. The van der Waals surface area contributed by atoms with Crippen LogP contribution in [-0.4, -0.2) is 60.9 Å². The van der Waals surface area contributed by atoms with Gasteiger partial charge in [-0.15, -0.1) is 0 Å². The zero-order valence-electron chi connectivity index (χ0n) is 53.3. The number of hydrogen-bond acceptors (Lipinski definition) is 8. The van der Waals surface area contributed by atoms with Crippen LogP contribution in [0.1, 0.15) is 201 Å². The number of hydrogen-bond donors (Lipinski definition) is 1. The molecule has 10 heteroatoms. The quantitative estimate of drug-likeness (QED) is 0.0293. The third-order valence-corrected chi connectivity index (χ3v) is 23.6. The number of aliphatic carboxylic acids is 1. The molecule has 7 rings (SSSR count). The van der Waals surface area contributed by atoms with E-state index in [9.17, 15) is 24.0 Å². The van der Waals surface area contributed by atoms with Gasteiger partial charge in [0.2, 0.25) is 0 Å². The highest BCUT2D eigenvalue weighted by atomic mass is 31.2. The fourth-order valence-corrected chi connectivity index (χ4v) is 15.9. The zero-order chi connectivity index (χ0) is 61.2. The van der Waals surface area contributed by atoms with Crippen LogP contribution in [0, 0.1) is 57.2 Å². The van der Waals surface area contributed by atoms with E-state index in [4.69, 9.17) is 19.3 Å². The fourth-order valence-electron chi connectivity index (χ4n) is 12.3. The summed E-state index contributed by atoms with van der Waals surface area (Å²) < 4.78 is 15.1. The largest absolute Gasteiger partial charge is 0.481 e. The Kier molecular flexibility index (Phi) is 31.9. The normalized spacial score (nSPS) is 22.1. The number of allylic oxidation sites excluding steroid dienone is 5. The van der Waals surface area contributed by atoms with Crippen LogP contribution in [0.25, 0.3) is 0 Å². The number of benzene rings is 3. The van der Waals surface area contributed by atoms with Crippen LogP contribution in [-0.2, 0) is 38.2 Å². The Hall–Kier alpha value is -5.27. The molecule has 0 saturated heterocycles. The van der Waals surface area contributed by atoms with Gasteiger partial charge in [0.25, 0.3) is 0 Å². The summed E-state index contributed by atoms with van der Waals surface area (Å²) in [6, 6.07) is 30.7. The van der Waals surface area contributed by atoms with Gasteiger partial charge in [0.1, 0.15) is 6.29 Å². The van der Waals surface area contributed by atoms with Gasteiger partial charge in [-0.2, -0.15) is 0 Å². The number of carbonyl (C=O) groups is 5. The van der Waals surface area contributed by atoms with Gasteiger partial charge >= 0.3 is 23.9 Å². The van der Waals surface area contributed by atoms with Crippen molar-refractivity contribution in [3.63, 3.8) is 0 Å². The van der Waals surface area contributed by atoms with Crippen LogP contribution >= 0.6 is 6.89 Å². The Bertz CT molecular complexity index is 2470. The van der Waals surface area contributed by atoms with Gasteiger partial charge in [-0.05, 0) is 185 Å². The highest BCUT2D eigenvalue weighted by Crippen LogP contribution is 2.51. The van der Waals surface area contributed by atoms with Crippen molar-refractivity contribution < 1.29 is 43.3 Å². The molecule has 0 aliphatic heterocycles. The number of esters is 3. The first-order valence-corrected chi connectivity index (χ1v) is 32.7. The summed E-state index contributed by atoms with van der Waals surface area (Å²) in [5.74, 6) is 4.89. The number of carbonyl (C=O) groups excluding carboxylic acids is 4. The molecule has 9 nitrogen and oxygen atoms in total. The first-order chi connectivity index (χ1) is 38.8. The standard InChI is InChI=1S/C22H21O2P.C14H26O2.C14H22O2.C12H22O2.C10H16O.CH4/c1-2-24-22(23)18-25(19-12-6-3-7-13-19,20-14-8-4-9-15-20)21-16-10-5-11-17-21;2*1-5-16-13(15)8-6-7-12-10-9-11(2)14(12,3)4;1-9-7-8-10(12(9,2)3)5-4-6-11(13)14;1-8-4-5-9(6-7-11)10(8,2)3;/h3-18H,2H2,1H3;11-12H,5-10H2,1-4H3;6,8-9,12H,5,7,10H2,1-4H3;9-10H,4-8H2,1-3H3,(H,13,14);4,7,9H,5-6H2,1-3H3;1H4/b;;8-6+;;;. The van der Waals surface area contributed by atoms with Gasteiger partial charge in [0.05, 0.1) is 19.8 Å². The molecule has 0 radical (unpaired) electrons. The molecule has 0 heterocycles. The summed E-state index contributed by atoms with van der Waals surface area (Å²) in [6.07, 6.45) is 23.2. The lowest BCUT2D eigenvalue weighted by Gasteiger charge is -2.31. The smallest absolute Gasteiger partial charge is 0.331 e. The highest BCUT2D eigenvalue weighted by molar-refractivity contribution is 7.95. The Morgan fingerprint density at radius 3 is 1.28 bits per heavy atom. The minimum Gasteiger partial charge on any atom is -0.481 e. The van der Waals surface area contributed by atoms with Crippen molar-refractivity contribution in [2.45, 2.75) is 201 Å². The molecule has 0 aromatic heterocycles. The van der Waals surface area contributed by atoms with Crippen molar-refractivity contribution >= 4 is 58.8 Å². The fraction of sp³-hybridized carbons (Fsp3) is 0.589. The first-order valence-electron chi connectivity index (χ1n) is 30.8. The molecule has 4 aliphatic carbocycles. The number of aldehydes is 1. The highest BCUT2D eigenvalue weighted by Gasteiger charge is 2.41. The van der Waals surface area contributed by atoms with E-state index in [0.29, 0.717) is 61.7 Å². The van der Waals surface area contributed by atoms with Crippen LogP contribution in [0.15, 0.2) is 126 Å². The van der Waals surface area contributed by atoms with Crippen LogP contribution in [0.2, 0.25) is 0 Å². The van der Waals surface area contributed by atoms with Crippen LogP contribution < -0.4 is 15.9 Å². The molecular weight excluding hydrogens is 1050 g/mol. The molecule has 0 bridgehead atoms. The van der Waals surface area contributed by atoms with E-state index in [0.717, 1.165) is 84.4 Å². The molecule has 1 N–H and O–H groups in total. The van der Waals surface area contributed by atoms with Gasteiger partial charge < -0.3 is 24.1 Å². The van der Waals surface area contributed by atoms with Crippen molar-refractivity contribution in [1.29, 1.82) is 0 Å². The molecule has 462 valence electrons. The third kappa shape index (κ3) is 21.9. The van der Waals surface area contributed by atoms with Crippen LogP contribution in [0.3, 0.4) is 0 Å². The van der Waals surface area contributed by atoms with Gasteiger partial charge in [-0.25, -0.2) is 9.59 Å². The number of carboxylic acids is 1. The van der Waals surface area contributed by atoms with Gasteiger partial charge in [-0.1, -0.05) is 197 Å². The molecule has 6 atom stereocenters. The average Bonchev–Trinajstić information content (AvgIpc) is 4.23. The maximum atomic E-state index is 12.5. The number of ether oxygens (including phenoxy) is 3. The number of rotatable bonds is 20. The second-order valence-corrected chi connectivity index (χ2v) is 28.7. The van der Waals surface area contributed by atoms with E-state index in [1.54, 1.807) is 11.9 Å². The summed E-state index contributed by atoms with van der Waals surface area (Å²) >= 11 is 0. The van der Waals surface area contributed by atoms with Crippen molar-refractivity contribution in [2.24, 2.45) is 57.2 Å². The zero-order valence-corrected chi connectivity index (χ0v) is 54.2. The monoisotopic (exact) mass is 1160 g/mol. The van der Waals surface area contributed by atoms with Gasteiger partial charge in [-0.3, -0.25) is 9.59 Å². The van der Waals surface area contributed by atoms with Crippen LogP contribution in [0.5, 0.6) is 0 Å². The molecule has 83 heavy (non-hydrogen) atoms. The van der Waals surface area contributed by atoms with Crippen molar-refractivity contribution in [1.82, 2.24) is 0 Å². The lowest BCUT2D eigenvalue weighted by atomic mass is 9.74. The molecule has 2 saturated carbocycles. The summed E-state index contributed by atoms with van der Waals surface area (Å²) in [7, 11) is 0. The van der Waals surface area contributed by atoms with Crippen LogP contribution in [0.4, 0.5) is 0 Å². The van der Waals surface area contributed by atoms with E-state index >= 15 is 0 Å². The Morgan fingerprint density at radius 1 is 0.554 bits per heavy atom. The molecule has 3 aromatic carbocycles. The predicted molar refractivity (Wildman–Crippen MR) is 350 cm³/mol. The Morgan fingerprint density at radius 2 is 0.940 bits per heavy atom.